The van der Waals surface area contributed by atoms with E-state index in [2.05, 4.69) is 27.6 Å². The maximum Gasteiger partial charge on any atom is 0.236 e. The van der Waals surface area contributed by atoms with Gasteiger partial charge in [0.15, 0.2) is 4.34 Å². The smallest absolute Gasteiger partial charge is 0.236 e. The first-order valence-electron chi connectivity index (χ1n) is 7.38. The summed E-state index contributed by atoms with van der Waals surface area (Å²) in [4.78, 5) is 12.9. The van der Waals surface area contributed by atoms with Crippen molar-refractivity contribution in [2.75, 3.05) is 11.1 Å². The molecule has 0 saturated heterocycles. The Labute approximate surface area is 163 Å². The summed E-state index contributed by atoms with van der Waals surface area (Å²) in [6, 6.07) is 17.6. The van der Waals surface area contributed by atoms with Crippen molar-refractivity contribution in [2.24, 2.45) is 0 Å². The molecule has 4 nitrogen and oxygen atoms in total. The van der Waals surface area contributed by atoms with E-state index < -0.39 is 0 Å². The molecule has 1 amide bonds. The lowest BCUT2D eigenvalue weighted by Crippen LogP contribution is -2.13. The van der Waals surface area contributed by atoms with E-state index in [9.17, 15) is 4.79 Å². The van der Waals surface area contributed by atoms with E-state index in [0.29, 0.717) is 10.2 Å². The van der Waals surface area contributed by atoms with Crippen LogP contribution >= 0.6 is 46.5 Å². The number of hydrogen-bond donors (Lipinski definition) is 1. The van der Waals surface area contributed by atoms with Gasteiger partial charge in [0.2, 0.25) is 11.0 Å². The lowest BCUT2D eigenvalue weighted by Gasteiger charge is -2.03. The number of nitrogens with zero attached hydrogens (tertiary/aromatic N) is 2. The number of carbonyl (C=O) groups excluding carboxylic acids is 1. The van der Waals surface area contributed by atoms with Crippen LogP contribution in [-0.4, -0.2) is 21.9 Å². The average Bonchev–Trinajstić information content (AvgIpc) is 3.07. The average molecular weight is 408 g/mol. The van der Waals surface area contributed by atoms with E-state index in [1.54, 1.807) is 11.8 Å². The van der Waals surface area contributed by atoms with Gasteiger partial charge < -0.3 is 0 Å². The fourth-order valence-electron chi connectivity index (χ4n) is 1.90. The minimum absolute atomic E-state index is 0.124. The van der Waals surface area contributed by atoms with Gasteiger partial charge in [0.1, 0.15) is 0 Å². The second-order valence-corrected chi connectivity index (χ2v) is 8.54. The van der Waals surface area contributed by atoms with Crippen LogP contribution in [0.15, 0.2) is 63.8 Å². The third-order valence-corrected chi connectivity index (χ3v) is 6.61. The summed E-state index contributed by atoms with van der Waals surface area (Å²) >= 11 is 10.5. The Balaban J connectivity index is 1.47. The molecule has 0 bridgehead atoms. The molecule has 0 fully saturated rings. The normalized spacial score (nSPS) is 10.6. The largest absolute Gasteiger partial charge is 0.300 e. The van der Waals surface area contributed by atoms with Crippen LogP contribution in [0.5, 0.6) is 0 Å². The molecule has 0 aliphatic rings. The summed E-state index contributed by atoms with van der Waals surface area (Å²) in [6.45, 7) is 0. The highest BCUT2D eigenvalue weighted by Crippen LogP contribution is 2.29. The molecule has 0 radical (unpaired) electrons. The Bertz CT molecular complexity index is 842. The van der Waals surface area contributed by atoms with Crippen LogP contribution in [-0.2, 0) is 10.5 Å². The molecule has 2 aromatic carbocycles. The summed E-state index contributed by atoms with van der Waals surface area (Å²) in [7, 11) is 0. The zero-order chi connectivity index (χ0) is 17.5. The van der Waals surface area contributed by atoms with Gasteiger partial charge in [0.05, 0.1) is 10.8 Å². The van der Waals surface area contributed by atoms with Gasteiger partial charge in [0, 0.05) is 10.6 Å². The standard InChI is InChI=1S/C17H14ClN3OS3/c18-13-8-4-5-9-14(13)23-11-15(22)19-16-20-21-17(25-16)24-10-12-6-2-1-3-7-12/h1-9H,10-11H2,(H,19,20,22). The molecule has 1 heterocycles. The van der Waals surface area contributed by atoms with Crippen LogP contribution in [0.2, 0.25) is 5.02 Å². The molecule has 1 aromatic heterocycles. The summed E-state index contributed by atoms with van der Waals surface area (Å²) < 4.78 is 0.831. The van der Waals surface area contributed by atoms with Crippen molar-refractivity contribution in [1.29, 1.82) is 0 Å². The van der Waals surface area contributed by atoms with Gasteiger partial charge in [-0.15, -0.1) is 22.0 Å². The van der Waals surface area contributed by atoms with Crippen LogP contribution in [0.25, 0.3) is 0 Å². The third-order valence-electron chi connectivity index (χ3n) is 3.05. The molecule has 0 atom stereocenters. The van der Waals surface area contributed by atoms with Crippen molar-refractivity contribution >= 4 is 57.5 Å². The second kappa shape index (κ2) is 9.24. The van der Waals surface area contributed by atoms with Crippen molar-refractivity contribution < 1.29 is 4.79 Å². The summed E-state index contributed by atoms with van der Waals surface area (Å²) in [5, 5.41) is 12.1. The molecule has 25 heavy (non-hydrogen) atoms. The maximum absolute atomic E-state index is 12.0. The Morgan fingerprint density at radius 2 is 1.80 bits per heavy atom. The monoisotopic (exact) mass is 407 g/mol. The van der Waals surface area contributed by atoms with Crippen molar-refractivity contribution in [3.8, 4) is 0 Å². The first-order chi connectivity index (χ1) is 12.2. The highest BCUT2D eigenvalue weighted by molar-refractivity contribution is 8.00. The van der Waals surface area contributed by atoms with E-state index >= 15 is 0 Å². The lowest BCUT2D eigenvalue weighted by molar-refractivity contribution is -0.113. The molecule has 1 N–H and O–H groups in total. The molecule has 0 aliphatic heterocycles. The molecule has 128 valence electrons. The van der Waals surface area contributed by atoms with E-state index in [1.165, 1.54) is 28.7 Å². The van der Waals surface area contributed by atoms with Gasteiger partial charge in [0.25, 0.3) is 0 Å². The first kappa shape index (κ1) is 18.3. The highest BCUT2D eigenvalue weighted by atomic mass is 35.5. The number of nitrogens with one attached hydrogen (secondary N) is 1. The third kappa shape index (κ3) is 5.74. The van der Waals surface area contributed by atoms with Gasteiger partial charge in [-0.25, -0.2) is 0 Å². The maximum atomic E-state index is 12.0. The molecule has 8 heteroatoms. The molecule has 0 unspecified atom stereocenters. The fourth-order valence-corrected chi connectivity index (χ4v) is 4.66. The number of benzene rings is 2. The van der Waals surface area contributed by atoms with Crippen LogP contribution in [0.3, 0.4) is 0 Å². The molecular formula is C17H14ClN3OS3. The Morgan fingerprint density at radius 3 is 2.60 bits per heavy atom. The Kier molecular flexibility index (Phi) is 6.75. The number of hydrogen-bond acceptors (Lipinski definition) is 6. The van der Waals surface area contributed by atoms with E-state index in [1.807, 2.05) is 42.5 Å². The highest BCUT2D eigenvalue weighted by Gasteiger charge is 2.10. The van der Waals surface area contributed by atoms with Crippen LogP contribution in [0.1, 0.15) is 5.56 Å². The number of thioether (sulfide) groups is 2. The van der Waals surface area contributed by atoms with Crippen molar-refractivity contribution in [3.05, 3.63) is 65.2 Å². The number of halogens is 1. The summed E-state index contributed by atoms with van der Waals surface area (Å²) in [6.07, 6.45) is 0. The quantitative estimate of drug-likeness (QED) is 0.430. The number of carbonyl (C=O) groups is 1. The molecule has 0 aliphatic carbocycles. The first-order valence-corrected chi connectivity index (χ1v) is 10.5. The molecular weight excluding hydrogens is 394 g/mol. The van der Waals surface area contributed by atoms with Crippen LogP contribution in [0.4, 0.5) is 5.13 Å². The Hall–Kier alpha value is -1.54. The molecule has 0 spiro atoms. The van der Waals surface area contributed by atoms with E-state index in [0.717, 1.165) is 15.0 Å². The van der Waals surface area contributed by atoms with E-state index in [4.69, 9.17) is 11.6 Å². The Morgan fingerprint density at radius 1 is 1.04 bits per heavy atom. The predicted molar refractivity (Wildman–Crippen MR) is 107 cm³/mol. The molecule has 0 saturated carbocycles. The zero-order valence-electron chi connectivity index (χ0n) is 13.0. The van der Waals surface area contributed by atoms with Crippen molar-refractivity contribution in [1.82, 2.24) is 10.2 Å². The number of amides is 1. The summed E-state index contributed by atoms with van der Waals surface area (Å²) in [5.74, 6) is 0.974. The van der Waals surface area contributed by atoms with Gasteiger partial charge in [-0.1, -0.05) is 77.2 Å². The minimum atomic E-state index is -0.124. The van der Waals surface area contributed by atoms with Gasteiger partial charge in [-0.05, 0) is 17.7 Å². The number of anilines is 1. The minimum Gasteiger partial charge on any atom is -0.300 e. The van der Waals surface area contributed by atoms with Crippen LogP contribution < -0.4 is 5.32 Å². The van der Waals surface area contributed by atoms with Gasteiger partial charge in [-0.3, -0.25) is 10.1 Å². The van der Waals surface area contributed by atoms with Crippen LogP contribution in [0, 0.1) is 0 Å². The molecule has 3 rings (SSSR count). The van der Waals surface area contributed by atoms with E-state index in [-0.39, 0.29) is 11.7 Å². The second-order valence-electron chi connectivity index (χ2n) is 4.91. The van der Waals surface area contributed by atoms with Crippen molar-refractivity contribution in [3.63, 3.8) is 0 Å². The van der Waals surface area contributed by atoms with Crippen molar-refractivity contribution in [2.45, 2.75) is 15.0 Å². The molecule has 3 aromatic rings. The number of aromatic nitrogens is 2. The topological polar surface area (TPSA) is 54.9 Å². The summed E-state index contributed by atoms with van der Waals surface area (Å²) in [5.41, 5.74) is 1.23. The van der Waals surface area contributed by atoms with Gasteiger partial charge >= 0.3 is 0 Å². The predicted octanol–water partition coefficient (Wildman–Crippen LogP) is 5.21. The SMILES string of the molecule is O=C(CSc1ccccc1Cl)Nc1nnc(SCc2ccccc2)s1. The van der Waals surface area contributed by atoms with Gasteiger partial charge in [-0.2, -0.15) is 0 Å². The fraction of sp³-hybridized carbons (Fsp3) is 0.118. The lowest BCUT2D eigenvalue weighted by atomic mass is 10.2. The zero-order valence-corrected chi connectivity index (χ0v) is 16.2. The number of rotatable bonds is 7.